The molecule has 3 aromatic carbocycles. The van der Waals surface area contributed by atoms with Crippen LogP contribution in [0.15, 0.2) is 79.1 Å². The number of H-pyrrole nitrogens is 1. The minimum atomic E-state index is -0.413. The number of hydrogen-bond donors (Lipinski definition) is 3. The van der Waals surface area contributed by atoms with E-state index in [1.165, 1.54) is 11.1 Å². The van der Waals surface area contributed by atoms with E-state index in [9.17, 15) is 9.59 Å². The molecule has 1 saturated heterocycles. The van der Waals surface area contributed by atoms with Gasteiger partial charge in [0.1, 0.15) is 17.1 Å². The van der Waals surface area contributed by atoms with Gasteiger partial charge < -0.3 is 24.7 Å². The van der Waals surface area contributed by atoms with Crippen LogP contribution >= 0.6 is 0 Å². The summed E-state index contributed by atoms with van der Waals surface area (Å²) in [4.78, 5) is 41.8. The van der Waals surface area contributed by atoms with Crippen molar-refractivity contribution in [1.29, 1.82) is 0 Å². The zero-order valence-corrected chi connectivity index (χ0v) is 30.5. The molecule has 53 heavy (non-hydrogen) atoms. The van der Waals surface area contributed by atoms with Gasteiger partial charge in [-0.25, -0.2) is 4.98 Å². The van der Waals surface area contributed by atoms with Crippen LogP contribution in [0.4, 0.5) is 5.95 Å². The minimum absolute atomic E-state index is 0.176. The second-order valence-corrected chi connectivity index (χ2v) is 13.9. The molecule has 0 aliphatic carbocycles. The van der Waals surface area contributed by atoms with Crippen molar-refractivity contribution in [2.75, 3.05) is 57.8 Å². The van der Waals surface area contributed by atoms with Gasteiger partial charge in [-0.2, -0.15) is 4.98 Å². The third-order valence-electron chi connectivity index (χ3n) is 9.97. The van der Waals surface area contributed by atoms with Crippen molar-refractivity contribution >= 4 is 28.8 Å². The van der Waals surface area contributed by atoms with Crippen LogP contribution in [0.25, 0.3) is 22.2 Å². The lowest BCUT2D eigenvalue weighted by atomic mass is 9.99. The summed E-state index contributed by atoms with van der Waals surface area (Å²) in [5.41, 5.74) is 6.75. The lowest BCUT2D eigenvalue weighted by Crippen LogP contribution is -2.46. The van der Waals surface area contributed by atoms with Crippen molar-refractivity contribution in [3.63, 3.8) is 0 Å². The summed E-state index contributed by atoms with van der Waals surface area (Å²) in [7, 11) is 0. The molecule has 3 N–H and O–H groups in total. The van der Waals surface area contributed by atoms with Gasteiger partial charge in [0.15, 0.2) is 0 Å². The maximum atomic E-state index is 12.4. The molecule has 0 bridgehead atoms. The molecule has 0 spiro atoms. The van der Waals surface area contributed by atoms with Crippen molar-refractivity contribution in [2.45, 2.75) is 52.0 Å². The van der Waals surface area contributed by atoms with Crippen LogP contribution in [-0.2, 0) is 28.9 Å². The summed E-state index contributed by atoms with van der Waals surface area (Å²) < 4.78 is 12.1. The Labute approximate surface area is 311 Å². The Morgan fingerprint density at radius 3 is 2.55 bits per heavy atom. The fourth-order valence-electron chi connectivity index (χ4n) is 7.06. The number of benzene rings is 3. The van der Waals surface area contributed by atoms with Crippen LogP contribution in [0.5, 0.6) is 11.5 Å². The largest absolute Gasteiger partial charge is 0.457 e. The number of piperazine rings is 1. The second-order valence-electron chi connectivity index (χ2n) is 13.9. The Morgan fingerprint density at radius 2 is 1.70 bits per heavy atom. The normalized spacial score (nSPS) is 15.0. The first-order valence-corrected chi connectivity index (χ1v) is 18.9. The van der Waals surface area contributed by atoms with Gasteiger partial charge in [0.2, 0.25) is 11.9 Å². The van der Waals surface area contributed by atoms with Crippen molar-refractivity contribution in [3.05, 3.63) is 101 Å². The molecule has 2 amide bonds. The number of aryl methyl sites for hydroxylation is 1. The third-order valence-corrected chi connectivity index (χ3v) is 9.97. The first kappa shape index (κ1) is 36.3. The van der Waals surface area contributed by atoms with E-state index >= 15 is 0 Å². The zero-order valence-electron chi connectivity index (χ0n) is 30.5. The molecular weight excluding hydrogens is 667 g/mol. The number of unbranched alkanes of at least 4 members (excludes halogenated alkanes) is 1. The molecule has 1 fully saturated rings. The molecule has 0 atom stereocenters. The summed E-state index contributed by atoms with van der Waals surface area (Å²) in [6.45, 7) is 10.8. The number of carbonyl (C=O) groups excluding carboxylic acids is 2. The Kier molecular flexibility index (Phi) is 12.1. The summed E-state index contributed by atoms with van der Waals surface area (Å²) >= 11 is 0. The molecule has 2 aliphatic heterocycles. The fraction of sp³-hybridized carbons (Fsp3) is 0.381. The van der Waals surface area contributed by atoms with Gasteiger partial charge in [-0.05, 0) is 66.1 Å². The second kappa shape index (κ2) is 17.6. The number of amides is 2. The van der Waals surface area contributed by atoms with Crippen LogP contribution in [0.1, 0.15) is 59.7 Å². The Hall–Kier alpha value is -5.10. The van der Waals surface area contributed by atoms with E-state index in [1.807, 2.05) is 36.7 Å². The number of anilines is 1. The van der Waals surface area contributed by atoms with E-state index in [1.54, 1.807) is 12.1 Å². The quantitative estimate of drug-likeness (QED) is 0.0722. The molecule has 2 aromatic heterocycles. The maximum Gasteiger partial charge on any atom is 0.261 e. The number of rotatable bonds is 17. The molecule has 0 radical (unpaired) electrons. The first-order chi connectivity index (χ1) is 26.0. The van der Waals surface area contributed by atoms with E-state index in [0.717, 1.165) is 107 Å². The predicted octanol–water partition coefficient (Wildman–Crippen LogP) is 6.60. The van der Waals surface area contributed by atoms with Gasteiger partial charge in [-0.3, -0.25) is 19.8 Å². The zero-order chi connectivity index (χ0) is 36.4. The van der Waals surface area contributed by atoms with Gasteiger partial charge in [0.05, 0.1) is 12.0 Å². The maximum absolute atomic E-state index is 12.4. The fourth-order valence-corrected chi connectivity index (χ4v) is 7.06. The Bertz CT molecular complexity index is 2000. The number of ether oxygens (including phenoxy) is 2. The predicted molar refractivity (Wildman–Crippen MR) is 207 cm³/mol. The number of imide groups is 1. The topological polar surface area (TPSA) is 125 Å². The van der Waals surface area contributed by atoms with Gasteiger partial charge in [0.25, 0.3) is 5.91 Å². The highest BCUT2D eigenvalue weighted by atomic mass is 16.5. The highest BCUT2D eigenvalue weighted by Crippen LogP contribution is 2.31. The molecule has 0 saturated carbocycles. The van der Waals surface area contributed by atoms with Crippen molar-refractivity contribution < 1.29 is 19.1 Å². The average Bonchev–Trinajstić information content (AvgIpc) is 3.59. The lowest BCUT2D eigenvalue weighted by Gasteiger charge is -2.34. The van der Waals surface area contributed by atoms with Crippen molar-refractivity contribution in [2.24, 2.45) is 0 Å². The van der Waals surface area contributed by atoms with E-state index in [2.05, 4.69) is 72.6 Å². The van der Waals surface area contributed by atoms with Crippen molar-refractivity contribution in [3.8, 4) is 22.6 Å². The van der Waals surface area contributed by atoms with Crippen LogP contribution < -0.4 is 15.4 Å². The monoisotopic (exact) mass is 715 g/mol. The Balaban J connectivity index is 0.776. The number of aromatic nitrogens is 3. The van der Waals surface area contributed by atoms with Gasteiger partial charge in [-0.1, -0.05) is 61.9 Å². The molecule has 0 unspecified atom stereocenters. The lowest BCUT2D eigenvalue weighted by molar-refractivity contribution is -0.119. The Morgan fingerprint density at radius 1 is 0.887 bits per heavy atom. The number of nitrogens with one attached hydrogen (secondary N) is 3. The minimum Gasteiger partial charge on any atom is -0.457 e. The molecule has 5 aromatic rings. The van der Waals surface area contributed by atoms with E-state index < -0.39 is 5.91 Å². The molecule has 11 heteroatoms. The van der Waals surface area contributed by atoms with Crippen LogP contribution in [-0.4, -0.2) is 89.0 Å². The smallest absolute Gasteiger partial charge is 0.261 e. The van der Waals surface area contributed by atoms with E-state index in [-0.39, 0.29) is 12.3 Å². The number of carbonyl (C=O) groups is 2. The average molecular weight is 716 g/mol. The van der Waals surface area contributed by atoms with Crippen molar-refractivity contribution in [1.82, 2.24) is 30.1 Å². The SMILES string of the molecule is CCCCNc1ncc2c(-c3ccc(CN4CCN(CCCOCCCc5cccc(Oc6cccc7c6C(=O)NC(=O)C7)c5)CC4)cc3)c[nH]c2n1. The summed E-state index contributed by atoms with van der Waals surface area (Å²) in [6, 6.07) is 22.2. The standard InChI is InChI=1S/C42H49N7O4/c1-2-3-17-43-42-45-28-36-35(27-44-40(36)47-42)32-15-13-31(14-16-32)29-49-21-19-48(20-22-49)18-7-24-52-23-6-9-30-8-4-11-34(25-30)53-37-12-5-10-33-26-38(50)46-41(51)39(33)37/h4-5,8,10-16,25,27-28H,2-3,6-7,9,17-24,26,29H2,1H3,(H,46,50,51)(H2,43,44,45,47). The highest BCUT2D eigenvalue weighted by Gasteiger charge is 2.26. The summed E-state index contributed by atoms with van der Waals surface area (Å²) in [6.07, 6.45) is 9.18. The number of aromatic amines is 1. The van der Waals surface area contributed by atoms with Gasteiger partial charge in [0, 0.05) is 82.4 Å². The first-order valence-electron chi connectivity index (χ1n) is 18.9. The molecule has 11 nitrogen and oxygen atoms in total. The number of fused-ring (bicyclic) bond motifs is 2. The van der Waals surface area contributed by atoms with Crippen LogP contribution in [0, 0.1) is 0 Å². The van der Waals surface area contributed by atoms with Crippen LogP contribution in [0.2, 0.25) is 0 Å². The van der Waals surface area contributed by atoms with E-state index in [4.69, 9.17) is 9.47 Å². The van der Waals surface area contributed by atoms with Gasteiger partial charge >= 0.3 is 0 Å². The molecule has 7 rings (SSSR count). The third kappa shape index (κ3) is 9.47. The molecule has 276 valence electrons. The van der Waals surface area contributed by atoms with E-state index in [0.29, 0.717) is 35.2 Å². The molecule has 4 heterocycles. The molecular formula is C42H49N7O4. The molecule has 2 aliphatic rings. The number of hydrogen-bond acceptors (Lipinski definition) is 9. The summed E-state index contributed by atoms with van der Waals surface area (Å²) in [5.74, 6) is 1.10. The van der Waals surface area contributed by atoms with Crippen LogP contribution in [0.3, 0.4) is 0 Å². The highest BCUT2D eigenvalue weighted by molar-refractivity contribution is 6.11. The summed E-state index contributed by atoms with van der Waals surface area (Å²) in [5, 5.41) is 6.72. The number of nitrogens with zero attached hydrogens (tertiary/aromatic N) is 4. The van der Waals surface area contributed by atoms with Gasteiger partial charge in [-0.15, -0.1) is 0 Å².